The Labute approximate surface area is 114 Å². The van der Waals surface area contributed by atoms with E-state index in [0.29, 0.717) is 5.88 Å². The van der Waals surface area contributed by atoms with Crippen LogP contribution in [0.5, 0.6) is 0 Å². The maximum Gasteiger partial charge on any atom is 0.0497 e. The average molecular weight is 294 g/mol. The summed E-state index contributed by atoms with van der Waals surface area (Å²) in [7, 11) is 0. The van der Waals surface area contributed by atoms with Gasteiger partial charge in [0.2, 0.25) is 0 Å². The van der Waals surface area contributed by atoms with E-state index in [2.05, 4.69) is 0 Å². The minimum atomic E-state index is 0.0649. The third-order valence-corrected chi connectivity index (χ3v) is 4.35. The van der Waals surface area contributed by atoms with E-state index in [0.717, 1.165) is 25.7 Å². The first-order valence-corrected chi connectivity index (χ1v) is 7.40. The van der Waals surface area contributed by atoms with Crippen molar-refractivity contribution in [3.05, 3.63) is 0 Å². The third kappa shape index (κ3) is 10.1. The van der Waals surface area contributed by atoms with Crippen LogP contribution in [0.3, 0.4) is 0 Å². The first kappa shape index (κ1) is 16.2. The van der Waals surface area contributed by atoms with Gasteiger partial charge >= 0.3 is 0 Å². The molecule has 4 heteroatoms. The van der Waals surface area contributed by atoms with Crippen LogP contribution in [0.15, 0.2) is 0 Å². The monoisotopic (exact) mass is 292 g/mol. The zero-order valence-corrected chi connectivity index (χ0v) is 12.2. The molecule has 0 rings (SSSR count). The molecule has 0 aromatic heterocycles. The van der Waals surface area contributed by atoms with Gasteiger partial charge in [-0.3, -0.25) is 0 Å². The lowest BCUT2D eigenvalue weighted by molar-refractivity contribution is 0.579. The average Bonchev–Trinajstić information content (AvgIpc) is 2.22. The summed E-state index contributed by atoms with van der Waals surface area (Å²) in [4.78, 5) is 0. The Bertz CT molecular complexity index is 139. The zero-order valence-electron chi connectivity index (χ0n) is 9.19. The molecule has 0 fully saturated rings. The maximum atomic E-state index is 6.03. The maximum absolute atomic E-state index is 6.03. The van der Waals surface area contributed by atoms with Gasteiger partial charge in [0.05, 0.1) is 0 Å². The van der Waals surface area contributed by atoms with E-state index in [4.69, 9.17) is 46.4 Å². The largest absolute Gasteiger partial charge is 0.125 e. The Kier molecular flexibility index (Phi) is 11.1. The molecular weight excluding hydrogens is 274 g/mol. The number of unbranched alkanes of at least 4 members (excludes halogenated alkanes) is 3. The third-order valence-electron chi connectivity index (χ3n) is 2.41. The van der Waals surface area contributed by atoms with Crippen molar-refractivity contribution in [3.8, 4) is 0 Å². The molecule has 0 aromatic rings. The molecule has 0 amide bonds. The highest BCUT2D eigenvalue weighted by Gasteiger charge is 2.10. The molecule has 3 atom stereocenters. The summed E-state index contributed by atoms with van der Waals surface area (Å²) in [6.07, 6.45) is 6.75. The van der Waals surface area contributed by atoms with Gasteiger partial charge in [-0.25, -0.2) is 0 Å². The van der Waals surface area contributed by atoms with Crippen molar-refractivity contribution in [1.82, 2.24) is 0 Å². The van der Waals surface area contributed by atoms with Crippen LogP contribution >= 0.6 is 46.4 Å². The minimum Gasteiger partial charge on any atom is -0.125 e. The summed E-state index contributed by atoms with van der Waals surface area (Å²) in [5.74, 6) is 0.551. The quantitative estimate of drug-likeness (QED) is 0.394. The Balaban J connectivity index is 3.18. The number of halogens is 4. The molecule has 0 aliphatic rings. The van der Waals surface area contributed by atoms with Crippen molar-refractivity contribution in [3.63, 3.8) is 0 Å². The van der Waals surface area contributed by atoms with Crippen LogP contribution in [0.4, 0.5) is 0 Å². The molecule has 0 radical (unpaired) electrons. The number of hydrogen-bond donors (Lipinski definition) is 0. The highest BCUT2D eigenvalue weighted by atomic mass is 35.5. The molecule has 0 aliphatic heterocycles. The lowest BCUT2D eigenvalue weighted by atomic mass is 10.1. The summed E-state index contributed by atoms with van der Waals surface area (Å²) in [6, 6.07) is 0. The summed E-state index contributed by atoms with van der Waals surface area (Å²) >= 11 is 23.4. The fourth-order valence-electron chi connectivity index (χ4n) is 1.37. The predicted molar refractivity (Wildman–Crippen MR) is 73.0 cm³/mol. The second-order valence-corrected chi connectivity index (χ2v) is 6.11. The van der Waals surface area contributed by atoms with E-state index in [9.17, 15) is 0 Å². The van der Waals surface area contributed by atoms with E-state index in [1.165, 1.54) is 12.8 Å². The van der Waals surface area contributed by atoms with Crippen LogP contribution in [0.2, 0.25) is 0 Å². The van der Waals surface area contributed by atoms with Crippen LogP contribution < -0.4 is 0 Å². The van der Waals surface area contributed by atoms with Crippen molar-refractivity contribution >= 4 is 46.4 Å². The molecule has 3 unspecified atom stereocenters. The van der Waals surface area contributed by atoms with Gasteiger partial charge in [-0.15, -0.1) is 46.4 Å². The Morgan fingerprint density at radius 2 is 1.40 bits per heavy atom. The molecule has 15 heavy (non-hydrogen) atoms. The van der Waals surface area contributed by atoms with Gasteiger partial charge in [0.1, 0.15) is 0 Å². The number of rotatable bonds is 9. The second-order valence-electron chi connectivity index (χ2n) is 3.94. The lowest BCUT2D eigenvalue weighted by Crippen LogP contribution is -2.10. The topological polar surface area (TPSA) is 0 Å². The van der Waals surface area contributed by atoms with E-state index < -0.39 is 0 Å². The number of hydrogen-bond acceptors (Lipinski definition) is 0. The molecule has 0 bridgehead atoms. The summed E-state index contributed by atoms with van der Waals surface area (Å²) in [5, 5.41) is 0.306. The zero-order chi connectivity index (χ0) is 11.7. The van der Waals surface area contributed by atoms with Crippen molar-refractivity contribution in [2.24, 2.45) is 0 Å². The van der Waals surface area contributed by atoms with Crippen LogP contribution in [0.25, 0.3) is 0 Å². The van der Waals surface area contributed by atoms with Gasteiger partial charge < -0.3 is 0 Å². The van der Waals surface area contributed by atoms with Gasteiger partial charge in [0, 0.05) is 22.0 Å². The standard InChI is InChI=1S/C11H20Cl4/c1-9(13)11(15)7-5-3-2-4-6-10(14)8-12/h9-11H,2-8H2,1H3. The van der Waals surface area contributed by atoms with E-state index >= 15 is 0 Å². The van der Waals surface area contributed by atoms with Crippen LogP contribution in [-0.4, -0.2) is 22.0 Å². The van der Waals surface area contributed by atoms with E-state index in [1.54, 1.807) is 0 Å². The molecule has 0 aromatic carbocycles. The predicted octanol–water partition coefficient (Wildman–Crippen LogP) is 5.41. The fourth-order valence-corrected chi connectivity index (χ4v) is 1.95. The van der Waals surface area contributed by atoms with Crippen LogP contribution in [0, 0.1) is 0 Å². The summed E-state index contributed by atoms with van der Waals surface area (Å²) in [5.41, 5.74) is 0. The van der Waals surface area contributed by atoms with Crippen molar-refractivity contribution in [1.29, 1.82) is 0 Å². The summed E-state index contributed by atoms with van der Waals surface area (Å²) in [6.45, 7) is 1.94. The molecular formula is C11H20Cl4. The molecule has 0 spiro atoms. The molecule has 92 valence electrons. The molecule has 0 heterocycles. The first-order valence-electron chi connectivity index (χ1n) is 5.56. The van der Waals surface area contributed by atoms with Crippen molar-refractivity contribution in [2.75, 3.05) is 5.88 Å². The Morgan fingerprint density at radius 1 is 0.867 bits per heavy atom. The normalized spacial score (nSPS) is 17.4. The van der Waals surface area contributed by atoms with Crippen molar-refractivity contribution in [2.45, 2.75) is 61.6 Å². The van der Waals surface area contributed by atoms with Crippen LogP contribution in [0.1, 0.15) is 45.4 Å². The molecule has 0 saturated heterocycles. The highest BCUT2D eigenvalue weighted by Crippen LogP contribution is 2.18. The van der Waals surface area contributed by atoms with E-state index in [-0.39, 0.29) is 16.1 Å². The van der Waals surface area contributed by atoms with Crippen LogP contribution in [-0.2, 0) is 0 Å². The van der Waals surface area contributed by atoms with Gasteiger partial charge in [-0.05, 0) is 19.8 Å². The molecule has 0 aliphatic carbocycles. The molecule has 0 nitrogen and oxygen atoms in total. The van der Waals surface area contributed by atoms with E-state index in [1.807, 2.05) is 6.92 Å². The lowest BCUT2D eigenvalue weighted by Gasteiger charge is -2.11. The van der Waals surface area contributed by atoms with Gasteiger partial charge in [-0.2, -0.15) is 0 Å². The fraction of sp³-hybridized carbons (Fsp3) is 1.00. The first-order chi connectivity index (χ1) is 7.07. The Morgan fingerprint density at radius 3 is 1.87 bits per heavy atom. The summed E-state index contributed by atoms with van der Waals surface area (Å²) < 4.78 is 0. The second kappa shape index (κ2) is 10.3. The minimum absolute atomic E-state index is 0.0649. The Hall–Kier alpha value is 1.16. The smallest absolute Gasteiger partial charge is 0.0497 e. The SMILES string of the molecule is CC(Cl)C(Cl)CCCCCCC(Cl)CCl. The van der Waals surface area contributed by atoms with Gasteiger partial charge in [-0.1, -0.05) is 25.7 Å². The van der Waals surface area contributed by atoms with Gasteiger partial charge in [0.15, 0.2) is 0 Å². The van der Waals surface area contributed by atoms with Crippen molar-refractivity contribution < 1.29 is 0 Å². The molecule has 0 N–H and O–H groups in total. The van der Waals surface area contributed by atoms with Gasteiger partial charge in [0.25, 0.3) is 0 Å². The number of alkyl halides is 4. The highest BCUT2D eigenvalue weighted by molar-refractivity contribution is 6.29. The molecule has 0 saturated carbocycles.